The third-order valence-electron chi connectivity index (χ3n) is 3.60. The number of hydrogen-bond donors (Lipinski definition) is 2. The van der Waals surface area contributed by atoms with Gasteiger partial charge in [-0.3, -0.25) is 4.79 Å². The second-order valence-corrected chi connectivity index (χ2v) is 5.56. The molecule has 0 unspecified atom stereocenters. The molecule has 0 saturated heterocycles. The smallest absolute Gasteiger partial charge is 0.217 e. The molecule has 4 N–H and O–H groups in total. The molecule has 0 spiro atoms. The van der Waals surface area contributed by atoms with Crippen molar-refractivity contribution in [3.05, 3.63) is 59.7 Å². The van der Waals surface area contributed by atoms with Crippen LogP contribution >= 0.6 is 0 Å². The third-order valence-corrected chi connectivity index (χ3v) is 3.60. The number of methoxy groups -OCH3 is 2. The summed E-state index contributed by atoms with van der Waals surface area (Å²) in [4.78, 5) is 10.5. The van der Waals surface area contributed by atoms with Gasteiger partial charge in [0.05, 0.1) is 14.2 Å². The van der Waals surface area contributed by atoms with Crippen LogP contribution in [0.1, 0.15) is 24.0 Å². The van der Waals surface area contributed by atoms with Crippen molar-refractivity contribution in [3.63, 3.8) is 0 Å². The number of rotatable bonds is 8. The zero-order chi connectivity index (χ0) is 18.5. The summed E-state index contributed by atoms with van der Waals surface area (Å²) in [6.07, 6.45) is 3.13. The summed E-state index contributed by atoms with van der Waals surface area (Å²) in [5, 5.41) is 0. The van der Waals surface area contributed by atoms with Crippen LogP contribution in [-0.4, -0.2) is 26.7 Å². The number of carbonyl (C=O) groups is 1. The van der Waals surface area contributed by atoms with Gasteiger partial charge in [0, 0.05) is 6.42 Å². The Kier molecular flexibility index (Phi) is 9.78. The van der Waals surface area contributed by atoms with Crippen molar-refractivity contribution in [3.8, 4) is 11.5 Å². The fourth-order valence-electron chi connectivity index (χ4n) is 2.23. The van der Waals surface area contributed by atoms with Gasteiger partial charge in [0.15, 0.2) is 0 Å². The summed E-state index contributed by atoms with van der Waals surface area (Å²) >= 11 is 0. The average Bonchev–Trinajstić information content (AvgIpc) is 2.65. The van der Waals surface area contributed by atoms with E-state index in [0.717, 1.165) is 36.4 Å². The van der Waals surface area contributed by atoms with E-state index >= 15 is 0 Å². The van der Waals surface area contributed by atoms with E-state index in [-0.39, 0.29) is 5.91 Å². The van der Waals surface area contributed by atoms with Crippen molar-refractivity contribution >= 4 is 5.91 Å². The Morgan fingerprint density at radius 2 is 1.44 bits per heavy atom. The lowest BCUT2D eigenvalue weighted by Crippen LogP contribution is -2.11. The molecule has 25 heavy (non-hydrogen) atoms. The zero-order valence-electron chi connectivity index (χ0n) is 15.0. The number of nitrogens with two attached hydrogens (primary N) is 2. The van der Waals surface area contributed by atoms with E-state index in [9.17, 15) is 4.79 Å². The van der Waals surface area contributed by atoms with Crippen molar-refractivity contribution in [2.24, 2.45) is 11.5 Å². The highest BCUT2D eigenvalue weighted by molar-refractivity contribution is 5.74. The topological polar surface area (TPSA) is 87.6 Å². The summed E-state index contributed by atoms with van der Waals surface area (Å²) in [7, 11) is 3.30. The standard InChI is InChI=1S/C10H13NO2.C10H15NO/c1-13-9-4-2-3-8(7-9)5-6-10(11)12;1-12-10-6-2-4-9(8-10)5-3-7-11/h2-4,7H,5-6H2,1H3,(H2,11,12);2,4,6,8H,3,5,7,11H2,1H3. The number of hydrogen-bond acceptors (Lipinski definition) is 4. The normalized spacial score (nSPS) is 9.72. The lowest BCUT2D eigenvalue weighted by atomic mass is 10.1. The molecule has 0 aliphatic heterocycles. The molecule has 0 heterocycles. The Morgan fingerprint density at radius 3 is 1.88 bits per heavy atom. The fourth-order valence-corrected chi connectivity index (χ4v) is 2.23. The Hall–Kier alpha value is -2.53. The molecule has 0 aliphatic carbocycles. The van der Waals surface area contributed by atoms with Crippen LogP contribution in [0.25, 0.3) is 0 Å². The zero-order valence-corrected chi connectivity index (χ0v) is 15.0. The van der Waals surface area contributed by atoms with Gasteiger partial charge in [-0.15, -0.1) is 0 Å². The molecular weight excluding hydrogens is 316 g/mol. The lowest BCUT2D eigenvalue weighted by Gasteiger charge is -2.02. The largest absolute Gasteiger partial charge is 0.497 e. The minimum Gasteiger partial charge on any atom is -0.497 e. The average molecular weight is 344 g/mol. The first-order chi connectivity index (χ1) is 12.1. The summed E-state index contributed by atoms with van der Waals surface area (Å²) in [6.45, 7) is 0.747. The van der Waals surface area contributed by atoms with Crippen LogP contribution in [0.5, 0.6) is 11.5 Å². The predicted molar refractivity (Wildman–Crippen MR) is 101 cm³/mol. The first-order valence-electron chi connectivity index (χ1n) is 8.33. The van der Waals surface area contributed by atoms with Crippen LogP contribution in [0.3, 0.4) is 0 Å². The van der Waals surface area contributed by atoms with E-state index in [1.54, 1.807) is 14.2 Å². The summed E-state index contributed by atoms with van der Waals surface area (Å²) in [6, 6.07) is 15.7. The van der Waals surface area contributed by atoms with E-state index in [1.807, 2.05) is 36.4 Å². The number of carbonyl (C=O) groups excluding carboxylic acids is 1. The highest BCUT2D eigenvalue weighted by Crippen LogP contribution is 2.14. The Labute approximate surface area is 149 Å². The maximum atomic E-state index is 10.5. The summed E-state index contributed by atoms with van der Waals surface area (Å²) in [5.41, 5.74) is 12.8. The van der Waals surface area contributed by atoms with E-state index < -0.39 is 0 Å². The van der Waals surface area contributed by atoms with Crippen LogP contribution in [0, 0.1) is 0 Å². The highest BCUT2D eigenvalue weighted by Gasteiger charge is 1.98. The minimum absolute atomic E-state index is 0.275. The Morgan fingerprint density at radius 1 is 0.920 bits per heavy atom. The van der Waals surface area contributed by atoms with Crippen molar-refractivity contribution in [1.82, 2.24) is 0 Å². The quantitative estimate of drug-likeness (QED) is 0.771. The Balaban J connectivity index is 0.000000251. The van der Waals surface area contributed by atoms with Gasteiger partial charge in [-0.05, 0) is 61.2 Å². The van der Waals surface area contributed by atoms with Crippen LogP contribution in [0.2, 0.25) is 0 Å². The van der Waals surface area contributed by atoms with Crippen LogP contribution in [0.4, 0.5) is 0 Å². The molecule has 5 heteroatoms. The molecule has 5 nitrogen and oxygen atoms in total. The van der Waals surface area contributed by atoms with Gasteiger partial charge >= 0.3 is 0 Å². The molecule has 2 rings (SSSR count). The van der Waals surface area contributed by atoms with Gasteiger partial charge in [-0.25, -0.2) is 0 Å². The van der Waals surface area contributed by atoms with Gasteiger partial charge in [0.25, 0.3) is 0 Å². The van der Waals surface area contributed by atoms with Gasteiger partial charge < -0.3 is 20.9 Å². The van der Waals surface area contributed by atoms with Gasteiger partial charge in [-0.1, -0.05) is 24.3 Å². The molecular formula is C20H28N2O3. The molecule has 0 atom stereocenters. The molecule has 2 aromatic carbocycles. The van der Waals surface area contributed by atoms with Gasteiger partial charge in [-0.2, -0.15) is 0 Å². The number of primary amides is 1. The molecule has 2 aromatic rings. The monoisotopic (exact) mass is 344 g/mol. The van der Waals surface area contributed by atoms with Crippen molar-refractivity contribution in [2.45, 2.75) is 25.7 Å². The maximum Gasteiger partial charge on any atom is 0.217 e. The summed E-state index contributed by atoms with van der Waals surface area (Å²) < 4.78 is 10.1. The fraction of sp³-hybridized carbons (Fsp3) is 0.350. The van der Waals surface area contributed by atoms with E-state index in [2.05, 4.69) is 12.1 Å². The third kappa shape index (κ3) is 8.77. The molecule has 0 aromatic heterocycles. The van der Waals surface area contributed by atoms with Crippen molar-refractivity contribution in [2.75, 3.05) is 20.8 Å². The number of ether oxygens (including phenoxy) is 2. The second-order valence-electron chi connectivity index (χ2n) is 5.56. The number of aryl methyl sites for hydroxylation is 2. The van der Waals surface area contributed by atoms with E-state index in [1.165, 1.54) is 5.56 Å². The predicted octanol–water partition coefficient (Wildman–Crippen LogP) is 2.70. The van der Waals surface area contributed by atoms with Crippen LogP contribution < -0.4 is 20.9 Å². The Bertz CT molecular complexity index is 644. The summed E-state index contributed by atoms with van der Waals surface area (Å²) in [5.74, 6) is 1.45. The van der Waals surface area contributed by atoms with E-state index in [0.29, 0.717) is 12.8 Å². The highest BCUT2D eigenvalue weighted by atomic mass is 16.5. The first kappa shape index (κ1) is 20.5. The molecule has 0 aliphatic rings. The molecule has 1 amide bonds. The van der Waals surface area contributed by atoms with E-state index in [4.69, 9.17) is 20.9 Å². The van der Waals surface area contributed by atoms with Crippen molar-refractivity contribution < 1.29 is 14.3 Å². The van der Waals surface area contributed by atoms with Crippen LogP contribution in [0.15, 0.2) is 48.5 Å². The first-order valence-corrected chi connectivity index (χ1v) is 8.33. The van der Waals surface area contributed by atoms with Gasteiger partial charge in [0.1, 0.15) is 11.5 Å². The van der Waals surface area contributed by atoms with Crippen LogP contribution in [-0.2, 0) is 17.6 Å². The van der Waals surface area contributed by atoms with Crippen molar-refractivity contribution in [1.29, 1.82) is 0 Å². The second kappa shape index (κ2) is 11.9. The molecule has 0 radical (unpaired) electrons. The lowest BCUT2D eigenvalue weighted by molar-refractivity contribution is -0.117. The SMILES string of the molecule is COc1cccc(CCC(N)=O)c1.COc1cccc(CCCN)c1. The van der Waals surface area contributed by atoms with Gasteiger partial charge in [0.2, 0.25) is 5.91 Å². The number of benzene rings is 2. The maximum absolute atomic E-state index is 10.5. The molecule has 0 saturated carbocycles. The molecule has 0 bridgehead atoms. The minimum atomic E-state index is -0.275. The molecule has 136 valence electrons. The molecule has 0 fully saturated rings. The number of amides is 1.